The van der Waals surface area contributed by atoms with E-state index in [1.807, 2.05) is 6.07 Å². The number of benzene rings is 1. The Kier molecular flexibility index (Phi) is 4.59. The lowest BCUT2D eigenvalue weighted by Crippen LogP contribution is -2.12. The van der Waals surface area contributed by atoms with E-state index in [0.29, 0.717) is 16.5 Å². The normalized spacial score (nSPS) is 11.1. The van der Waals surface area contributed by atoms with Crippen LogP contribution in [0.1, 0.15) is 21.9 Å². The lowest BCUT2D eigenvalue weighted by atomic mass is 10.1. The Morgan fingerprint density at radius 1 is 1.16 bits per heavy atom. The summed E-state index contributed by atoms with van der Waals surface area (Å²) in [5.41, 5.74) is -0.495. The van der Waals surface area contributed by atoms with Gasteiger partial charge in [-0.2, -0.15) is 0 Å². The molecule has 5 nitrogen and oxygen atoms in total. The van der Waals surface area contributed by atoms with E-state index in [1.165, 1.54) is 19.1 Å². The van der Waals surface area contributed by atoms with Gasteiger partial charge in [0.2, 0.25) is 0 Å². The molecule has 0 unspecified atom stereocenters. The number of allylic oxidation sites excluding steroid dienone is 1. The van der Waals surface area contributed by atoms with Gasteiger partial charge < -0.3 is 13.9 Å². The number of hydrogen-bond acceptors (Lipinski definition) is 5. The SMILES string of the molecule is Cc1cc(O)c(C(=O)C=Cc2ccc(-c3cccc(Cl)c3)o2)c(=O)o1. The van der Waals surface area contributed by atoms with E-state index in [0.717, 1.165) is 11.6 Å². The van der Waals surface area contributed by atoms with Crippen molar-refractivity contribution < 1.29 is 18.7 Å². The molecule has 0 aliphatic rings. The van der Waals surface area contributed by atoms with Crippen molar-refractivity contribution in [2.45, 2.75) is 6.92 Å². The molecule has 3 rings (SSSR count). The molecular formula is C19H13ClO5. The third-order valence-electron chi connectivity index (χ3n) is 3.44. The average molecular weight is 357 g/mol. The minimum Gasteiger partial charge on any atom is -0.507 e. The van der Waals surface area contributed by atoms with Gasteiger partial charge in [0.05, 0.1) is 0 Å². The number of furan rings is 1. The van der Waals surface area contributed by atoms with Crippen LogP contribution in [0.25, 0.3) is 17.4 Å². The number of carbonyl (C=O) groups is 1. The van der Waals surface area contributed by atoms with Crippen molar-refractivity contribution in [3.63, 3.8) is 0 Å². The Labute approximate surface area is 147 Å². The largest absolute Gasteiger partial charge is 0.507 e. The summed E-state index contributed by atoms with van der Waals surface area (Å²) < 4.78 is 10.5. The van der Waals surface area contributed by atoms with Crippen molar-refractivity contribution in [3.05, 3.63) is 81.1 Å². The van der Waals surface area contributed by atoms with E-state index >= 15 is 0 Å². The molecule has 0 aliphatic heterocycles. The van der Waals surface area contributed by atoms with Gasteiger partial charge in [0, 0.05) is 16.7 Å². The molecule has 25 heavy (non-hydrogen) atoms. The van der Waals surface area contributed by atoms with Gasteiger partial charge in [0.15, 0.2) is 5.78 Å². The van der Waals surface area contributed by atoms with Crippen LogP contribution in [-0.2, 0) is 0 Å². The minimum atomic E-state index is -0.883. The first-order valence-corrected chi connectivity index (χ1v) is 7.74. The second-order valence-corrected chi connectivity index (χ2v) is 5.75. The Morgan fingerprint density at radius 2 is 1.96 bits per heavy atom. The first kappa shape index (κ1) is 16.8. The second-order valence-electron chi connectivity index (χ2n) is 5.31. The van der Waals surface area contributed by atoms with E-state index in [2.05, 4.69) is 0 Å². The van der Waals surface area contributed by atoms with Crippen LogP contribution in [0, 0.1) is 6.92 Å². The van der Waals surface area contributed by atoms with Gasteiger partial charge in [0.25, 0.3) is 0 Å². The summed E-state index contributed by atoms with van der Waals surface area (Å²) in [7, 11) is 0. The van der Waals surface area contributed by atoms with Crippen LogP contribution in [-0.4, -0.2) is 10.9 Å². The molecule has 6 heteroatoms. The van der Waals surface area contributed by atoms with Gasteiger partial charge >= 0.3 is 5.63 Å². The highest BCUT2D eigenvalue weighted by molar-refractivity contribution is 6.30. The molecule has 0 saturated heterocycles. The highest BCUT2D eigenvalue weighted by atomic mass is 35.5. The van der Waals surface area contributed by atoms with Crippen LogP contribution in [0.4, 0.5) is 0 Å². The van der Waals surface area contributed by atoms with Gasteiger partial charge in [-0.3, -0.25) is 4.79 Å². The Bertz CT molecular complexity index is 1030. The fourth-order valence-corrected chi connectivity index (χ4v) is 2.49. The zero-order chi connectivity index (χ0) is 18.0. The van der Waals surface area contributed by atoms with E-state index in [9.17, 15) is 14.7 Å². The van der Waals surface area contributed by atoms with Crippen LogP contribution in [0.5, 0.6) is 5.75 Å². The third-order valence-corrected chi connectivity index (χ3v) is 3.67. The topological polar surface area (TPSA) is 80.6 Å². The maximum absolute atomic E-state index is 12.1. The molecule has 0 amide bonds. The predicted molar refractivity (Wildman–Crippen MR) is 93.9 cm³/mol. The molecule has 126 valence electrons. The van der Waals surface area contributed by atoms with Gasteiger partial charge in [-0.1, -0.05) is 23.7 Å². The maximum Gasteiger partial charge on any atom is 0.351 e. The van der Waals surface area contributed by atoms with E-state index in [1.54, 1.807) is 30.3 Å². The van der Waals surface area contributed by atoms with Gasteiger partial charge in [-0.25, -0.2) is 4.79 Å². The lowest BCUT2D eigenvalue weighted by molar-refractivity contribution is 0.104. The fraction of sp³-hybridized carbons (Fsp3) is 0.0526. The van der Waals surface area contributed by atoms with Crippen molar-refractivity contribution in [2.24, 2.45) is 0 Å². The number of aromatic hydroxyl groups is 1. The van der Waals surface area contributed by atoms with Crippen molar-refractivity contribution in [2.75, 3.05) is 0 Å². The molecule has 3 aromatic rings. The van der Waals surface area contributed by atoms with E-state index < -0.39 is 22.7 Å². The monoisotopic (exact) mass is 356 g/mol. The lowest BCUT2D eigenvalue weighted by Gasteiger charge is -1.99. The molecule has 1 aromatic carbocycles. The molecule has 2 aromatic heterocycles. The van der Waals surface area contributed by atoms with Crippen molar-refractivity contribution >= 4 is 23.5 Å². The summed E-state index contributed by atoms with van der Waals surface area (Å²) in [4.78, 5) is 23.8. The van der Waals surface area contributed by atoms with Gasteiger partial charge in [-0.15, -0.1) is 0 Å². The van der Waals surface area contributed by atoms with Gasteiger partial charge in [0.1, 0.15) is 28.6 Å². The molecule has 2 heterocycles. The molecule has 1 N–H and O–H groups in total. The Morgan fingerprint density at radius 3 is 2.68 bits per heavy atom. The number of hydrogen-bond donors (Lipinski definition) is 1. The first-order valence-electron chi connectivity index (χ1n) is 7.36. The van der Waals surface area contributed by atoms with Crippen molar-refractivity contribution in [1.29, 1.82) is 0 Å². The molecule has 0 saturated carbocycles. The predicted octanol–water partition coefficient (Wildman–Crippen LogP) is 4.46. The van der Waals surface area contributed by atoms with Crippen LogP contribution >= 0.6 is 11.6 Å². The number of carbonyl (C=O) groups excluding carboxylic acids is 1. The molecule has 0 aliphatic carbocycles. The second kappa shape index (κ2) is 6.83. The minimum absolute atomic E-state index is 0.222. The molecule has 0 fully saturated rings. The smallest absolute Gasteiger partial charge is 0.351 e. The zero-order valence-corrected chi connectivity index (χ0v) is 13.9. The molecule has 0 radical (unpaired) electrons. The molecule has 0 bridgehead atoms. The number of rotatable bonds is 4. The molecule has 0 atom stereocenters. The summed E-state index contributed by atoms with van der Waals surface area (Å²) in [6, 6.07) is 11.8. The highest BCUT2D eigenvalue weighted by Gasteiger charge is 2.16. The van der Waals surface area contributed by atoms with E-state index in [4.69, 9.17) is 20.4 Å². The quantitative estimate of drug-likeness (QED) is 0.551. The summed E-state index contributed by atoms with van der Waals surface area (Å²) in [6.45, 7) is 1.51. The zero-order valence-electron chi connectivity index (χ0n) is 13.2. The van der Waals surface area contributed by atoms with E-state index in [-0.39, 0.29) is 5.76 Å². The Balaban J connectivity index is 1.84. The number of aryl methyl sites for hydroxylation is 1. The fourth-order valence-electron chi connectivity index (χ4n) is 2.30. The molecule has 0 spiro atoms. The van der Waals surface area contributed by atoms with Crippen LogP contribution in [0.15, 0.2) is 62.2 Å². The average Bonchev–Trinajstić information content (AvgIpc) is 3.01. The summed E-state index contributed by atoms with van der Waals surface area (Å²) in [5.74, 6) is 0.140. The third kappa shape index (κ3) is 3.72. The van der Waals surface area contributed by atoms with Crippen LogP contribution < -0.4 is 5.63 Å². The van der Waals surface area contributed by atoms with Crippen molar-refractivity contribution in [1.82, 2.24) is 0 Å². The number of halogens is 1. The van der Waals surface area contributed by atoms with Gasteiger partial charge in [-0.05, 0) is 43.3 Å². The molecular weight excluding hydrogens is 344 g/mol. The first-order chi connectivity index (χ1) is 11.9. The van der Waals surface area contributed by atoms with Crippen LogP contribution in [0.2, 0.25) is 5.02 Å². The standard InChI is InChI=1S/C19H13ClO5/c1-11-9-16(22)18(19(23)24-11)15(21)7-5-14-6-8-17(25-14)12-3-2-4-13(20)10-12/h2-10,22H,1H3. The number of ketones is 1. The Hall–Kier alpha value is -3.05. The highest BCUT2D eigenvalue weighted by Crippen LogP contribution is 2.25. The summed E-state index contributed by atoms with van der Waals surface area (Å²) in [6.07, 6.45) is 2.55. The maximum atomic E-state index is 12.1. The van der Waals surface area contributed by atoms with Crippen molar-refractivity contribution in [3.8, 4) is 17.1 Å². The summed E-state index contributed by atoms with van der Waals surface area (Å²) in [5, 5.41) is 10.4. The van der Waals surface area contributed by atoms with Crippen LogP contribution in [0.3, 0.4) is 0 Å². The summed E-state index contributed by atoms with van der Waals surface area (Å²) >= 11 is 5.95.